The summed E-state index contributed by atoms with van der Waals surface area (Å²) in [5.41, 5.74) is 2.87. The van der Waals surface area contributed by atoms with Crippen LogP contribution in [0.3, 0.4) is 0 Å². The van der Waals surface area contributed by atoms with E-state index in [0.717, 1.165) is 5.39 Å². The second-order valence-electron chi connectivity index (χ2n) is 6.58. The van der Waals surface area contributed by atoms with Crippen LogP contribution in [0.5, 0.6) is 0 Å². The van der Waals surface area contributed by atoms with E-state index in [0.29, 0.717) is 43.6 Å². The van der Waals surface area contributed by atoms with Crippen molar-refractivity contribution in [2.24, 2.45) is 0 Å². The maximum Gasteiger partial charge on any atom is 0.406 e. The lowest BCUT2D eigenvalue weighted by Gasteiger charge is -2.13. The Balaban J connectivity index is 1.91. The van der Waals surface area contributed by atoms with Crippen molar-refractivity contribution >= 4 is 44.4 Å². The molecule has 28 heavy (non-hydrogen) atoms. The Labute approximate surface area is 161 Å². The van der Waals surface area contributed by atoms with E-state index in [1.807, 2.05) is 12.1 Å². The van der Waals surface area contributed by atoms with Gasteiger partial charge in [0.25, 0.3) is 0 Å². The standard InChI is InChI=1S/C20H12ClF3N4/c21-13-6-15(12-5-11-1-4-26-19(11)27-8-12)18-16(7-13)14-2-3-25-9-17(14)28(18)10-20(22,23)24/h1-9H,10H2,(H,26,27). The average Bonchev–Trinajstić information content (AvgIpc) is 3.23. The quantitative estimate of drug-likeness (QED) is 0.398. The fourth-order valence-electron chi connectivity index (χ4n) is 3.70. The summed E-state index contributed by atoms with van der Waals surface area (Å²) in [7, 11) is 0. The first kappa shape index (κ1) is 17.1. The van der Waals surface area contributed by atoms with Crippen LogP contribution in [0, 0.1) is 0 Å². The van der Waals surface area contributed by atoms with E-state index in [1.54, 1.807) is 36.8 Å². The molecule has 5 rings (SSSR count). The third-order valence-corrected chi connectivity index (χ3v) is 4.99. The van der Waals surface area contributed by atoms with Crippen LogP contribution in [-0.2, 0) is 6.54 Å². The lowest BCUT2D eigenvalue weighted by Crippen LogP contribution is -2.17. The molecule has 1 N–H and O–H groups in total. The predicted molar refractivity (Wildman–Crippen MR) is 103 cm³/mol. The molecular formula is C20H12ClF3N4. The van der Waals surface area contributed by atoms with Gasteiger partial charge in [-0.3, -0.25) is 4.98 Å². The van der Waals surface area contributed by atoms with Crippen molar-refractivity contribution in [3.8, 4) is 11.1 Å². The topological polar surface area (TPSA) is 46.5 Å². The molecule has 4 nitrogen and oxygen atoms in total. The summed E-state index contributed by atoms with van der Waals surface area (Å²) in [5, 5.41) is 2.64. The Morgan fingerprint density at radius 2 is 1.93 bits per heavy atom. The third-order valence-electron chi connectivity index (χ3n) is 4.77. The number of aromatic amines is 1. The summed E-state index contributed by atoms with van der Waals surface area (Å²) in [6, 6.07) is 8.83. The highest BCUT2D eigenvalue weighted by Crippen LogP contribution is 2.39. The van der Waals surface area contributed by atoms with Gasteiger partial charge in [0.1, 0.15) is 12.2 Å². The van der Waals surface area contributed by atoms with Gasteiger partial charge in [-0.25, -0.2) is 4.98 Å². The molecule has 0 saturated carbocycles. The van der Waals surface area contributed by atoms with Gasteiger partial charge in [0.05, 0.1) is 17.2 Å². The van der Waals surface area contributed by atoms with Crippen LogP contribution in [0.1, 0.15) is 0 Å². The van der Waals surface area contributed by atoms with Crippen molar-refractivity contribution in [3.63, 3.8) is 0 Å². The molecule has 0 amide bonds. The van der Waals surface area contributed by atoms with E-state index in [4.69, 9.17) is 11.6 Å². The summed E-state index contributed by atoms with van der Waals surface area (Å²) < 4.78 is 41.4. The minimum Gasteiger partial charge on any atom is -0.346 e. The second kappa shape index (κ2) is 5.97. The molecule has 0 fully saturated rings. The van der Waals surface area contributed by atoms with Crippen LogP contribution in [-0.4, -0.2) is 25.7 Å². The highest BCUT2D eigenvalue weighted by atomic mass is 35.5. The largest absolute Gasteiger partial charge is 0.406 e. The lowest BCUT2D eigenvalue weighted by molar-refractivity contribution is -0.139. The number of benzene rings is 1. The first-order valence-electron chi connectivity index (χ1n) is 8.46. The highest BCUT2D eigenvalue weighted by molar-refractivity contribution is 6.32. The molecule has 0 aliphatic carbocycles. The van der Waals surface area contributed by atoms with Crippen LogP contribution in [0.15, 0.2) is 55.1 Å². The summed E-state index contributed by atoms with van der Waals surface area (Å²) in [4.78, 5) is 11.4. The maximum absolute atomic E-state index is 13.4. The van der Waals surface area contributed by atoms with Crippen LogP contribution in [0.25, 0.3) is 44.0 Å². The number of hydrogen-bond acceptors (Lipinski definition) is 2. The van der Waals surface area contributed by atoms with Crippen molar-refractivity contribution < 1.29 is 13.2 Å². The number of rotatable bonds is 2. The van der Waals surface area contributed by atoms with Gasteiger partial charge in [-0.15, -0.1) is 0 Å². The summed E-state index contributed by atoms with van der Waals surface area (Å²) in [6.45, 7) is -1.12. The minimum absolute atomic E-state index is 0.411. The number of H-pyrrole nitrogens is 1. The molecule has 4 aromatic heterocycles. The van der Waals surface area contributed by atoms with Gasteiger partial charge in [0.15, 0.2) is 0 Å². The number of hydrogen-bond donors (Lipinski definition) is 1. The minimum atomic E-state index is -4.38. The molecule has 4 heterocycles. The number of halogens is 4. The molecule has 0 bridgehead atoms. The monoisotopic (exact) mass is 400 g/mol. The number of nitrogens with zero attached hydrogens (tertiary/aromatic N) is 3. The molecule has 0 unspecified atom stereocenters. The van der Waals surface area contributed by atoms with Crippen molar-refractivity contribution in [2.75, 3.05) is 0 Å². The summed E-state index contributed by atoms with van der Waals surface area (Å²) in [5.74, 6) is 0. The Morgan fingerprint density at radius 3 is 2.75 bits per heavy atom. The summed E-state index contributed by atoms with van der Waals surface area (Å²) >= 11 is 6.34. The van der Waals surface area contributed by atoms with E-state index in [-0.39, 0.29) is 0 Å². The average molecular weight is 401 g/mol. The van der Waals surface area contributed by atoms with Crippen molar-refractivity contribution in [1.82, 2.24) is 19.5 Å². The third kappa shape index (κ3) is 2.70. The van der Waals surface area contributed by atoms with Crippen molar-refractivity contribution in [2.45, 2.75) is 12.7 Å². The molecule has 0 spiro atoms. The van der Waals surface area contributed by atoms with Gasteiger partial charge in [-0.1, -0.05) is 11.6 Å². The molecule has 140 valence electrons. The normalized spacial score (nSPS) is 12.4. The molecule has 0 aliphatic heterocycles. The number of pyridine rings is 2. The summed E-state index contributed by atoms with van der Waals surface area (Å²) in [6.07, 6.45) is 2.04. The first-order valence-corrected chi connectivity index (χ1v) is 8.84. The molecule has 0 saturated heterocycles. The Hall–Kier alpha value is -3.06. The zero-order chi connectivity index (χ0) is 19.5. The molecular weight excluding hydrogens is 389 g/mol. The Kier molecular flexibility index (Phi) is 3.64. The van der Waals surface area contributed by atoms with E-state index < -0.39 is 12.7 Å². The Morgan fingerprint density at radius 1 is 1.07 bits per heavy atom. The fourth-order valence-corrected chi connectivity index (χ4v) is 3.91. The smallest absolute Gasteiger partial charge is 0.346 e. The molecule has 0 atom stereocenters. The SMILES string of the molecule is FC(F)(F)Cn1c2cnccc2c2cc(Cl)cc(-c3cnc4[nH]ccc4c3)c21. The van der Waals surface area contributed by atoms with Gasteiger partial charge in [-0.05, 0) is 30.3 Å². The van der Waals surface area contributed by atoms with Gasteiger partial charge >= 0.3 is 6.18 Å². The number of nitrogens with one attached hydrogen (secondary N) is 1. The van der Waals surface area contributed by atoms with E-state index in [1.165, 1.54) is 10.8 Å². The molecule has 8 heteroatoms. The van der Waals surface area contributed by atoms with E-state index in [9.17, 15) is 13.2 Å². The molecule has 1 aromatic carbocycles. The lowest BCUT2D eigenvalue weighted by atomic mass is 10.0. The predicted octanol–water partition coefficient (Wildman–Crippen LogP) is 5.95. The van der Waals surface area contributed by atoms with Gasteiger partial charge in [0, 0.05) is 50.9 Å². The zero-order valence-electron chi connectivity index (χ0n) is 14.3. The Bertz CT molecular complexity index is 1350. The van der Waals surface area contributed by atoms with Crippen molar-refractivity contribution in [3.05, 3.63) is 60.1 Å². The van der Waals surface area contributed by atoms with E-state index >= 15 is 0 Å². The van der Waals surface area contributed by atoms with Crippen molar-refractivity contribution in [1.29, 1.82) is 0 Å². The number of fused-ring (bicyclic) bond motifs is 4. The van der Waals surface area contributed by atoms with Crippen LogP contribution < -0.4 is 0 Å². The highest BCUT2D eigenvalue weighted by Gasteiger charge is 2.30. The molecule has 0 radical (unpaired) electrons. The molecule has 5 aromatic rings. The molecule has 0 aliphatic rings. The number of alkyl halides is 3. The van der Waals surface area contributed by atoms with Crippen LogP contribution >= 0.6 is 11.6 Å². The zero-order valence-corrected chi connectivity index (χ0v) is 15.0. The van der Waals surface area contributed by atoms with Gasteiger partial charge in [-0.2, -0.15) is 13.2 Å². The fraction of sp³-hybridized carbons (Fsp3) is 0.100. The van der Waals surface area contributed by atoms with Crippen LogP contribution in [0.4, 0.5) is 13.2 Å². The number of aromatic nitrogens is 4. The van der Waals surface area contributed by atoms with Gasteiger partial charge < -0.3 is 9.55 Å². The van der Waals surface area contributed by atoms with Gasteiger partial charge in [0.2, 0.25) is 0 Å². The second-order valence-corrected chi connectivity index (χ2v) is 7.02. The maximum atomic E-state index is 13.4. The van der Waals surface area contributed by atoms with E-state index in [2.05, 4.69) is 15.0 Å². The first-order chi connectivity index (χ1) is 13.4. The van der Waals surface area contributed by atoms with Crippen LogP contribution in [0.2, 0.25) is 5.02 Å².